The first kappa shape index (κ1) is 12.4. The maximum Gasteiger partial charge on any atom is 0.0111 e. The molecule has 1 N–H and O–H groups in total. The third kappa shape index (κ3) is 2.98. The molecule has 0 aromatic heterocycles. The van der Waals surface area contributed by atoms with Gasteiger partial charge in [-0.1, -0.05) is 20.8 Å². The molecular formula is C14H28N2. The summed E-state index contributed by atoms with van der Waals surface area (Å²) in [6.45, 7) is 10.8. The minimum absolute atomic E-state index is 0.593. The summed E-state index contributed by atoms with van der Waals surface area (Å²) >= 11 is 0. The van der Waals surface area contributed by atoms with Gasteiger partial charge in [0, 0.05) is 12.1 Å². The van der Waals surface area contributed by atoms with Crippen LogP contribution in [-0.2, 0) is 0 Å². The Labute approximate surface area is 101 Å². The molecule has 2 rings (SSSR count). The molecule has 2 fully saturated rings. The molecule has 1 heterocycles. The van der Waals surface area contributed by atoms with Gasteiger partial charge in [-0.3, -0.25) is 0 Å². The monoisotopic (exact) mass is 224 g/mol. The fraction of sp³-hybridized carbons (Fsp3) is 1.00. The van der Waals surface area contributed by atoms with Crippen molar-refractivity contribution in [2.45, 2.75) is 65.0 Å². The lowest BCUT2D eigenvalue weighted by Gasteiger charge is -2.40. The summed E-state index contributed by atoms with van der Waals surface area (Å²) in [4.78, 5) is 2.75. The number of hydrogen-bond acceptors (Lipinski definition) is 2. The van der Waals surface area contributed by atoms with Crippen molar-refractivity contribution in [1.29, 1.82) is 0 Å². The molecule has 94 valence electrons. The zero-order valence-corrected chi connectivity index (χ0v) is 11.3. The Morgan fingerprint density at radius 1 is 1.19 bits per heavy atom. The summed E-state index contributed by atoms with van der Waals surface area (Å²) in [7, 11) is 0. The third-order valence-corrected chi connectivity index (χ3v) is 4.57. The van der Waals surface area contributed by atoms with Crippen LogP contribution in [0.2, 0.25) is 0 Å². The Morgan fingerprint density at radius 2 is 1.88 bits per heavy atom. The van der Waals surface area contributed by atoms with Crippen LogP contribution in [-0.4, -0.2) is 36.6 Å². The highest BCUT2D eigenvalue weighted by molar-refractivity contribution is 4.89. The summed E-state index contributed by atoms with van der Waals surface area (Å²) < 4.78 is 0. The van der Waals surface area contributed by atoms with E-state index in [1.807, 2.05) is 0 Å². The Bertz CT molecular complexity index is 215. The zero-order chi connectivity index (χ0) is 11.6. The first-order valence-corrected chi connectivity index (χ1v) is 7.08. The van der Waals surface area contributed by atoms with E-state index in [-0.39, 0.29) is 0 Å². The molecule has 1 aliphatic carbocycles. The summed E-state index contributed by atoms with van der Waals surface area (Å²) in [5.74, 6) is 0. The van der Waals surface area contributed by atoms with Crippen molar-refractivity contribution in [3.63, 3.8) is 0 Å². The van der Waals surface area contributed by atoms with Gasteiger partial charge >= 0.3 is 0 Å². The molecule has 0 amide bonds. The van der Waals surface area contributed by atoms with Gasteiger partial charge < -0.3 is 10.2 Å². The number of nitrogens with one attached hydrogen (secondary N) is 1. The second kappa shape index (κ2) is 5.05. The predicted octanol–water partition coefficient (Wildman–Crippen LogP) is 2.64. The van der Waals surface area contributed by atoms with Crippen molar-refractivity contribution in [2.24, 2.45) is 5.41 Å². The summed E-state index contributed by atoms with van der Waals surface area (Å²) in [6.07, 6.45) is 6.95. The third-order valence-electron chi connectivity index (χ3n) is 4.57. The second-order valence-electron chi connectivity index (χ2n) is 6.42. The van der Waals surface area contributed by atoms with Crippen molar-refractivity contribution in [1.82, 2.24) is 10.2 Å². The minimum Gasteiger partial charge on any atom is -0.314 e. The second-order valence-corrected chi connectivity index (χ2v) is 6.42. The maximum absolute atomic E-state index is 3.60. The topological polar surface area (TPSA) is 15.3 Å². The molecule has 2 heteroatoms. The van der Waals surface area contributed by atoms with Gasteiger partial charge in [0.25, 0.3) is 0 Å². The van der Waals surface area contributed by atoms with Gasteiger partial charge in [0.15, 0.2) is 0 Å². The molecule has 2 nitrogen and oxygen atoms in total. The van der Waals surface area contributed by atoms with E-state index in [1.165, 1.54) is 45.2 Å². The number of piperidine rings is 1. The van der Waals surface area contributed by atoms with Gasteiger partial charge in [0.2, 0.25) is 0 Å². The molecule has 0 aromatic carbocycles. The highest BCUT2D eigenvalue weighted by Gasteiger charge is 2.33. The maximum atomic E-state index is 3.60. The zero-order valence-electron chi connectivity index (χ0n) is 11.3. The molecular weight excluding hydrogens is 196 g/mol. The standard InChI is InChI=1S/C14H28N2/c1-4-15-12-5-6-13(11-12)16-9-7-14(2,3)8-10-16/h12-13,15H,4-11H2,1-3H3. The molecule has 2 unspecified atom stereocenters. The van der Waals surface area contributed by atoms with Crippen molar-refractivity contribution >= 4 is 0 Å². The van der Waals surface area contributed by atoms with E-state index in [0.29, 0.717) is 5.41 Å². The molecule has 0 spiro atoms. The number of likely N-dealkylation sites (tertiary alicyclic amines) is 1. The Hall–Kier alpha value is -0.0800. The van der Waals surface area contributed by atoms with Crippen molar-refractivity contribution in [3.05, 3.63) is 0 Å². The first-order valence-electron chi connectivity index (χ1n) is 7.08. The summed E-state index contributed by atoms with van der Waals surface area (Å²) in [6, 6.07) is 1.67. The van der Waals surface area contributed by atoms with Crippen LogP contribution in [0.4, 0.5) is 0 Å². The van der Waals surface area contributed by atoms with Crippen LogP contribution in [0.3, 0.4) is 0 Å². The van der Waals surface area contributed by atoms with E-state index in [9.17, 15) is 0 Å². The van der Waals surface area contributed by atoms with Crippen LogP contribution >= 0.6 is 0 Å². The van der Waals surface area contributed by atoms with Gasteiger partial charge in [-0.25, -0.2) is 0 Å². The fourth-order valence-corrected chi connectivity index (χ4v) is 3.26. The average molecular weight is 224 g/mol. The van der Waals surface area contributed by atoms with E-state index in [1.54, 1.807) is 0 Å². The molecule has 2 atom stereocenters. The van der Waals surface area contributed by atoms with Crippen LogP contribution in [0.5, 0.6) is 0 Å². The van der Waals surface area contributed by atoms with E-state index < -0.39 is 0 Å². The largest absolute Gasteiger partial charge is 0.314 e. The minimum atomic E-state index is 0.593. The molecule has 1 aliphatic heterocycles. The van der Waals surface area contributed by atoms with Crippen molar-refractivity contribution < 1.29 is 0 Å². The summed E-state index contributed by atoms with van der Waals surface area (Å²) in [5.41, 5.74) is 0.593. The van der Waals surface area contributed by atoms with E-state index in [4.69, 9.17) is 0 Å². The highest BCUT2D eigenvalue weighted by Crippen LogP contribution is 2.33. The lowest BCUT2D eigenvalue weighted by atomic mass is 9.82. The van der Waals surface area contributed by atoms with E-state index in [2.05, 4.69) is 31.0 Å². The number of nitrogens with zero attached hydrogens (tertiary/aromatic N) is 1. The normalized spacial score (nSPS) is 35.4. The Balaban J connectivity index is 1.78. The van der Waals surface area contributed by atoms with Gasteiger partial charge in [-0.15, -0.1) is 0 Å². The first-order chi connectivity index (χ1) is 7.61. The number of hydrogen-bond donors (Lipinski definition) is 1. The SMILES string of the molecule is CCNC1CCC(N2CCC(C)(C)CC2)C1. The van der Waals surface area contributed by atoms with E-state index >= 15 is 0 Å². The quantitative estimate of drug-likeness (QED) is 0.793. The van der Waals surface area contributed by atoms with Crippen LogP contribution in [0.15, 0.2) is 0 Å². The average Bonchev–Trinajstić information content (AvgIpc) is 2.67. The van der Waals surface area contributed by atoms with Crippen LogP contribution in [0, 0.1) is 5.41 Å². The van der Waals surface area contributed by atoms with Crippen molar-refractivity contribution in [2.75, 3.05) is 19.6 Å². The summed E-state index contributed by atoms with van der Waals surface area (Å²) in [5, 5.41) is 3.60. The van der Waals surface area contributed by atoms with Crippen LogP contribution in [0.1, 0.15) is 52.9 Å². The molecule has 1 saturated carbocycles. The Kier molecular flexibility index (Phi) is 3.91. The molecule has 0 radical (unpaired) electrons. The molecule has 0 aromatic rings. The highest BCUT2D eigenvalue weighted by atomic mass is 15.2. The van der Waals surface area contributed by atoms with Gasteiger partial charge in [-0.2, -0.15) is 0 Å². The fourth-order valence-electron chi connectivity index (χ4n) is 3.26. The van der Waals surface area contributed by atoms with Gasteiger partial charge in [0.05, 0.1) is 0 Å². The van der Waals surface area contributed by atoms with Gasteiger partial charge in [0.1, 0.15) is 0 Å². The van der Waals surface area contributed by atoms with E-state index in [0.717, 1.165) is 18.6 Å². The Morgan fingerprint density at radius 3 is 2.50 bits per heavy atom. The molecule has 1 saturated heterocycles. The molecule has 0 bridgehead atoms. The lowest BCUT2D eigenvalue weighted by molar-refractivity contribution is 0.0949. The molecule has 16 heavy (non-hydrogen) atoms. The van der Waals surface area contributed by atoms with Crippen LogP contribution < -0.4 is 5.32 Å². The lowest BCUT2D eigenvalue weighted by Crippen LogP contribution is -2.43. The molecule has 2 aliphatic rings. The smallest absolute Gasteiger partial charge is 0.0111 e. The van der Waals surface area contributed by atoms with Gasteiger partial charge in [-0.05, 0) is 57.2 Å². The van der Waals surface area contributed by atoms with Crippen molar-refractivity contribution in [3.8, 4) is 0 Å². The van der Waals surface area contributed by atoms with Crippen LogP contribution in [0.25, 0.3) is 0 Å². The number of rotatable bonds is 3. The predicted molar refractivity (Wildman–Crippen MR) is 69.7 cm³/mol.